The lowest BCUT2D eigenvalue weighted by Crippen LogP contribution is -2.19. The van der Waals surface area contributed by atoms with Crippen molar-refractivity contribution in [3.05, 3.63) is 23.9 Å². The summed E-state index contributed by atoms with van der Waals surface area (Å²) in [5, 5.41) is 12.3. The van der Waals surface area contributed by atoms with E-state index >= 15 is 0 Å². The molecule has 0 bridgehead atoms. The zero-order valence-electron chi connectivity index (χ0n) is 10.7. The molecule has 0 fully saturated rings. The minimum Gasteiger partial charge on any atom is -0.367 e. The number of nitrogens with zero attached hydrogens (tertiary/aromatic N) is 2. The summed E-state index contributed by atoms with van der Waals surface area (Å²) in [7, 11) is 0. The van der Waals surface area contributed by atoms with E-state index < -0.39 is 0 Å². The third kappa shape index (κ3) is 4.86. The molecule has 0 aliphatic carbocycles. The van der Waals surface area contributed by atoms with Crippen LogP contribution in [-0.4, -0.2) is 11.0 Å². The third-order valence-corrected chi connectivity index (χ3v) is 2.78. The zero-order valence-corrected chi connectivity index (χ0v) is 10.7. The van der Waals surface area contributed by atoms with Crippen LogP contribution in [0, 0.1) is 11.3 Å². The quantitative estimate of drug-likeness (QED) is 0.778. The van der Waals surface area contributed by atoms with Crippen LogP contribution < -0.4 is 5.32 Å². The van der Waals surface area contributed by atoms with Crippen LogP contribution >= 0.6 is 0 Å². The maximum atomic E-state index is 8.84. The molecular formula is C14H21N3. The van der Waals surface area contributed by atoms with Crippen molar-refractivity contribution >= 4 is 5.82 Å². The first-order chi connectivity index (χ1) is 8.30. The maximum absolute atomic E-state index is 8.84. The molecule has 1 heterocycles. The second-order valence-electron chi connectivity index (χ2n) is 4.31. The highest BCUT2D eigenvalue weighted by Gasteiger charge is 2.07. The molecule has 92 valence electrons. The van der Waals surface area contributed by atoms with Crippen molar-refractivity contribution in [1.82, 2.24) is 4.98 Å². The molecule has 1 N–H and O–H groups in total. The Labute approximate surface area is 104 Å². The van der Waals surface area contributed by atoms with Crippen molar-refractivity contribution in [3.8, 4) is 6.07 Å². The number of aromatic nitrogens is 1. The first-order valence-electron chi connectivity index (χ1n) is 6.42. The standard InChI is InChI=1S/C14H21N3/c1-3-5-7-13(6-4-2)17-14-10-12(11-15)8-9-16-14/h8-10,13H,3-7H2,1-2H3,(H,16,17). The number of hydrogen-bond donors (Lipinski definition) is 1. The van der Waals surface area contributed by atoms with Gasteiger partial charge >= 0.3 is 0 Å². The van der Waals surface area contributed by atoms with Gasteiger partial charge in [-0.2, -0.15) is 5.26 Å². The number of anilines is 1. The van der Waals surface area contributed by atoms with E-state index in [9.17, 15) is 0 Å². The molecule has 1 unspecified atom stereocenters. The van der Waals surface area contributed by atoms with Gasteiger partial charge in [0.15, 0.2) is 0 Å². The number of pyridine rings is 1. The molecule has 0 aromatic carbocycles. The molecule has 1 aromatic rings. The minimum atomic E-state index is 0.474. The Morgan fingerprint density at radius 3 is 2.82 bits per heavy atom. The Bertz CT molecular complexity index is 368. The molecule has 0 saturated carbocycles. The average molecular weight is 231 g/mol. The lowest BCUT2D eigenvalue weighted by molar-refractivity contribution is 0.563. The Morgan fingerprint density at radius 2 is 2.18 bits per heavy atom. The van der Waals surface area contributed by atoms with E-state index in [4.69, 9.17) is 5.26 Å². The maximum Gasteiger partial charge on any atom is 0.127 e. The number of rotatable bonds is 7. The number of unbranched alkanes of at least 4 members (excludes halogenated alkanes) is 1. The van der Waals surface area contributed by atoms with E-state index in [2.05, 4.69) is 30.2 Å². The summed E-state index contributed by atoms with van der Waals surface area (Å²) < 4.78 is 0. The summed E-state index contributed by atoms with van der Waals surface area (Å²) in [5.74, 6) is 0.818. The van der Waals surface area contributed by atoms with Crippen LogP contribution in [0.5, 0.6) is 0 Å². The molecule has 0 amide bonds. The van der Waals surface area contributed by atoms with Crippen LogP contribution in [0.4, 0.5) is 5.82 Å². The highest BCUT2D eigenvalue weighted by molar-refractivity contribution is 5.42. The van der Waals surface area contributed by atoms with E-state index in [1.54, 1.807) is 12.3 Å². The van der Waals surface area contributed by atoms with Gasteiger partial charge in [0.05, 0.1) is 11.6 Å². The van der Waals surface area contributed by atoms with Crippen molar-refractivity contribution in [1.29, 1.82) is 5.26 Å². The van der Waals surface area contributed by atoms with Gasteiger partial charge in [-0.3, -0.25) is 0 Å². The van der Waals surface area contributed by atoms with Crippen LogP contribution in [0.3, 0.4) is 0 Å². The van der Waals surface area contributed by atoms with Crippen LogP contribution in [0.25, 0.3) is 0 Å². The molecule has 3 heteroatoms. The molecule has 0 aliphatic rings. The molecule has 0 radical (unpaired) electrons. The number of nitrogens with one attached hydrogen (secondary N) is 1. The molecule has 0 spiro atoms. The van der Waals surface area contributed by atoms with Crippen LogP contribution in [0.2, 0.25) is 0 Å². The van der Waals surface area contributed by atoms with E-state index in [-0.39, 0.29) is 0 Å². The molecule has 0 saturated heterocycles. The van der Waals surface area contributed by atoms with Crippen LogP contribution in [0.1, 0.15) is 51.5 Å². The summed E-state index contributed by atoms with van der Waals surface area (Å²) in [6.07, 6.45) is 7.62. The summed E-state index contributed by atoms with van der Waals surface area (Å²) in [4.78, 5) is 4.26. The van der Waals surface area contributed by atoms with Crippen molar-refractivity contribution in [2.45, 2.75) is 52.0 Å². The molecule has 0 aliphatic heterocycles. The molecule has 1 atom stereocenters. The Morgan fingerprint density at radius 1 is 1.35 bits per heavy atom. The van der Waals surface area contributed by atoms with E-state index in [1.807, 2.05) is 6.07 Å². The largest absolute Gasteiger partial charge is 0.367 e. The van der Waals surface area contributed by atoms with Crippen molar-refractivity contribution in [2.24, 2.45) is 0 Å². The number of nitriles is 1. The third-order valence-electron chi connectivity index (χ3n) is 2.78. The highest BCUT2D eigenvalue weighted by Crippen LogP contribution is 2.14. The van der Waals surface area contributed by atoms with Gasteiger partial charge in [0.25, 0.3) is 0 Å². The molecule has 17 heavy (non-hydrogen) atoms. The minimum absolute atomic E-state index is 0.474. The Hall–Kier alpha value is -1.56. The topological polar surface area (TPSA) is 48.7 Å². The zero-order chi connectivity index (χ0) is 12.5. The van der Waals surface area contributed by atoms with Crippen molar-refractivity contribution in [2.75, 3.05) is 5.32 Å². The van der Waals surface area contributed by atoms with Gasteiger partial charge < -0.3 is 5.32 Å². The normalized spacial score (nSPS) is 11.8. The fraction of sp³-hybridized carbons (Fsp3) is 0.571. The van der Waals surface area contributed by atoms with Crippen molar-refractivity contribution < 1.29 is 0 Å². The highest BCUT2D eigenvalue weighted by atomic mass is 15.0. The lowest BCUT2D eigenvalue weighted by atomic mass is 10.1. The van der Waals surface area contributed by atoms with Gasteiger partial charge in [-0.15, -0.1) is 0 Å². The summed E-state index contributed by atoms with van der Waals surface area (Å²) in [6, 6.07) is 6.15. The smallest absolute Gasteiger partial charge is 0.127 e. The second kappa shape index (κ2) is 7.67. The molecule has 1 rings (SSSR count). The summed E-state index contributed by atoms with van der Waals surface area (Å²) in [6.45, 7) is 4.40. The van der Waals surface area contributed by atoms with E-state index in [0.717, 1.165) is 12.2 Å². The Kier molecular flexibility index (Phi) is 6.09. The molecule has 3 nitrogen and oxygen atoms in total. The summed E-state index contributed by atoms with van der Waals surface area (Å²) >= 11 is 0. The van der Waals surface area contributed by atoms with Crippen LogP contribution in [0.15, 0.2) is 18.3 Å². The van der Waals surface area contributed by atoms with Gasteiger partial charge in [-0.25, -0.2) is 4.98 Å². The first kappa shape index (κ1) is 13.5. The monoisotopic (exact) mass is 231 g/mol. The lowest BCUT2D eigenvalue weighted by Gasteiger charge is -2.18. The SMILES string of the molecule is CCCCC(CCC)Nc1cc(C#N)ccn1. The van der Waals surface area contributed by atoms with Gasteiger partial charge in [0.2, 0.25) is 0 Å². The first-order valence-corrected chi connectivity index (χ1v) is 6.42. The van der Waals surface area contributed by atoms with Gasteiger partial charge in [0, 0.05) is 12.2 Å². The van der Waals surface area contributed by atoms with Gasteiger partial charge in [-0.05, 0) is 25.0 Å². The van der Waals surface area contributed by atoms with Crippen molar-refractivity contribution in [3.63, 3.8) is 0 Å². The molecular weight excluding hydrogens is 210 g/mol. The van der Waals surface area contributed by atoms with Gasteiger partial charge in [-0.1, -0.05) is 33.1 Å². The van der Waals surface area contributed by atoms with Crippen LogP contribution in [-0.2, 0) is 0 Å². The fourth-order valence-corrected chi connectivity index (χ4v) is 1.88. The molecule has 1 aromatic heterocycles. The van der Waals surface area contributed by atoms with E-state index in [0.29, 0.717) is 11.6 Å². The fourth-order valence-electron chi connectivity index (χ4n) is 1.88. The average Bonchev–Trinajstić information content (AvgIpc) is 2.36. The predicted molar refractivity (Wildman–Crippen MR) is 70.8 cm³/mol. The summed E-state index contributed by atoms with van der Waals surface area (Å²) in [5.41, 5.74) is 0.660. The van der Waals surface area contributed by atoms with E-state index in [1.165, 1.54) is 25.7 Å². The number of hydrogen-bond acceptors (Lipinski definition) is 3. The second-order valence-corrected chi connectivity index (χ2v) is 4.31. The van der Waals surface area contributed by atoms with Gasteiger partial charge in [0.1, 0.15) is 5.82 Å². The Balaban J connectivity index is 2.61. The predicted octanol–water partition coefficient (Wildman–Crippen LogP) is 3.72.